The van der Waals surface area contributed by atoms with Crippen LogP contribution in [-0.4, -0.2) is 41.9 Å². The molecule has 2 rings (SSSR count). The first-order valence-corrected chi connectivity index (χ1v) is 6.30. The number of nitrogens with zero attached hydrogens (tertiary/aromatic N) is 1. The molecule has 1 saturated heterocycles. The minimum atomic E-state index is 0.240. The van der Waals surface area contributed by atoms with Crippen LogP contribution in [0.4, 0.5) is 0 Å². The lowest BCUT2D eigenvalue weighted by Gasteiger charge is -2.34. The van der Waals surface area contributed by atoms with Crippen LogP contribution in [0.15, 0.2) is 0 Å². The fraction of sp³-hybridized carbons (Fsp3) is 0.900. The van der Waals surface area contributed by atoms with Crippen LogP contribution < -0.4 is 0 Å². The average Bonchev–Trinajstić information content (AvgIpc) is 2.94. The number of alkyl halides is 1. The van der Waals surface area contributed by atoms with Crippen molar-refractivity contribution in [3.05, 3.63) is 0 Å². The van der Waals surface area contributed by atoms with Crippen LogP contribution in [0.2, 0.25) is 0 Å². The van der Waals surface area contributed by atoms with Gasteiger partial charge in [-0.25, -0.2) is 0 Å². The van der Waals surface area contributed by atoms with E-state index in [2.05, 4.69) is 22.9 Å². The van der Waals surface area contributed by atoms with Crippen LogP contribution in [-0.2, 0) is 9.53 Å². The summed E-state index contributed by atoms with van der Waals surface area (Å²) in [6.45, 7) is 4.28. The zero-order chi connectivity index (χ0) is 10.1. The van der Waals surface area contributed by atoms with Crippen molar-refractivity contribution in [3.63, 3.8) is 0 Å². The van der Waals surface area contributed by atoms with Crippen LogP contribution in [0.25, 0.3) is 0 Å². The molecule has 1 heterocycles. The average molecular weight is 262 g/mol. The fourth-order valence-corrected chi connectivity index (χ4v) is 2.49. The van der Waals surface area contributed by atoms with Crippen molar-refractivity contribution in [1.82, 2.24) is 4.90 Å². The number of hydrogen-bond donors (Lipinski definition) is 0. The second-order valence-corrected chi connectivity index (χ2v) is 4.88. The normalized spacial score (nSPS) is 37.0. The molecule has 3 unspecified atom stereocenters. The molecule has 4 heteroatoms. The predicted octanol–water partition coefficient (Wildman–Crippen LogP) is 1.26. The molecule has 3 atom stereocenters. The molecule has 1 saturated carbocycles. The van der Waals surface area contributed by atoms with Crippen LogP contribution in [0.1, 0.15) is 13.3 Å². The van der Waals surface area contributed by atoms with Gasteiger partial charge in [-0.3, -0.25) is 4.79 Å². The minimum absolute atomic E-state index is 0.240. The highest BCUT2D eigenvalue weighted by Gasteiger charge is 2.43. The van der Waals surface area contributed by atoms with E-state index in [1.807, 2.05) is 4.90 Å². The molecule has 80 valence electrons. The second kappa shape index (κ2) is 4.19. The van der Waals surface area contributed by atoms with Gasteiger partial charge in [0.2, 0.25) is 5.91 Å². The zero-order valence-corrected chi connectivity index (χ0v) is 10.00. The third-order valence-corrected chi connectivity index (χ3v) is 3.86. The Morgan fingerprint density at radius 1 is 1.64 bits per heavy atom. The lowest BCUT2D eigenvalue weighted by molar-refractivity contribution is -0.140. The Morgan fingerprint density at radius 3 is 2.93 bits per heavy atom. The molecule has 0 bridgehead atoms. The molecular formula is C10H16BrNO2. The van der Waals surface area contributed by atoms with E-state index in [0.29, 0.717) is 31.0 Å². The van der Waals surface area contributed by atoms with Crippen molar-refractivity contribution in [3.8, 4) is 0 Å². The summed E-state index contributed by atoms with van der Waals surface area (Å²) < 4.78 is 5.36. The van der Waals surface area contributed by atoms with Gasteiger partial charge in [0.05, 0.1) is 19.3 Å². The van der Waals surface area contributed by atoms with Crippen LogP contribution in [0, 0.1) is 11.8 Å². The summed E-state index contributed by atoms with van der Waals surface area (Å²) in [6.07, 6.45) is 1.07. The van der Waals surface area contributed by atoms with Crippen LogP contribution in [0.3, 0.4) is 0 Å². The highest BCUT2D eigenvalue weighted by molar-refractivity contribution is 9.09. The van der Waals surface area contributed by atoms with E-state index in [0.717, 1.165) is 18.3 Å². The summed E-state index contributed by atoms with van der Waals surface area (Å²) in [5.74, 6) is 1.24. The molecule has 0 N–H and O–H groups in total. The Hall–Kier alpha value is -0.0900. The molecule has 0 radical (unpaired) electrons. The summed E-state index contributed by atoms with van der Waals surface area (Å²) in [7, 11) is 0. The second-order valence-electron chi connectivity index (χ2n) is 4.23. The molecule has 0 spiro atoms. The molecular weight excluding hydrogens is 246 g/mol. The standard InChI is InChI=1S/C10H16BrNO2/c1-7-4-9(7)10(13)12-2-3-14-6-8(12)5-11/h7-9H,2-6H2,1H3. The van der Waals surface area contributed by atoms with E-state index >= 15 is 0 Å². The SMILES string of the molecule is CC1CC1C(=O)N1CCOCC1CBr. The number of amides is 1. The Kier molecular flexibility index (Phi) is 3.12. The van der Waals surface area contributed by atoms with Crippen molar-refractivity contribution in [2.24, 2.45) is 11.8 Å². The van der Waals surface area contributed by atoms with Crippen molar-refractivity contribution < 1.29 is 9.53 Å². The smallest absolute Gasteiger partial charge is 0.226 e. The van der Waals surface area contributed by atoms with Crippen molar-refractivity contribution in [2.75, 3.05) is 25.1 Å². The quantitative estimate of drug-likeness (QED) is 0.701. The van der Waals surface area contributed by atoms with Gasteiger partial charge in [0, 0.05) is 17.8 Å². The molecule has 0 aromatic carbocycles. The molecule has 2 aliphatic rings. The van der Waals surface area contributed by atoms with Crippen molar-refractivity contribution in [1.29, 1.82) is 0 Å². The highest BCUT2D eigenvalue weighted by Crippen LogP contribution is 2.39. The van der Waals surface area contributed by atoms with Gasteiger partial charge in [-0.05, 0) is 12.3 Å². The lowest BCUT2D eigenvalue weighted by atomic mass is 10.2. The van der Waals surface area contributed by atoms with E-state index in [1.54, 1.807) is 0 Å². The minimum Gasteiger partial charge on any atom is -0.377 e. The molecule has 1 amide bonds. The summed E-state index contributed by atoms with van der Waals surface area (Å²) in [5, 5.41) is 0.819. The van der Waals surface area contributed by atoms with Gasteiger partial charge in [0.25, 0.3) is 0 Å². The third kappa shape index (κ3) is 1.96. The van der Waals surface area contributed by atoms with E-state index < -0.39 is 0 Å². The molecule has 14 heavy (non-hydrogen) atoms. The van der Waals surface area contributed by atoms with Gasteiger partial charge in [-0.2, -0.15) is 0 Å². The molecule has 1 aliphatic heterocycles. The maximum atomic E-state index is 12.0. The molecule has 1 aliphatic carbocycles. The van der Waals surface area contributed by atoms with Gasteiger partial charge in [-0.15, -0.1) is 0 Å². The number of carbonyl (C=O) groups excluding carboxylic acids is 1. The summed E-state index contributed by atoms with van der Waals surface area (Å²) >= 11 is 3.43. The molecule has 0 aromatic heterocycles. The van der Waals surface area contributed by atoms with Gasteiger partial charge in [0.15, 0.2) is 0 Å². The molecule has 2 fully saturated rings. The Labute approximate surface area is 92.9 Å². The van der Waals surface area contributed by atoms with E-state index in [-0.39, 0.29) is 6.04 Å². The first-order chi connectivity index (χ1) is 6.74. The number of hydrogen-bond acceptors (Lipinski definition) is 2. The van der Waals surface area contributed by atoms with Gasteiger partial charge in [-0.1, -0.05) is 22.9 Å². The topological polar surface area (TPSA) is 29.5 Å². The maximum absolute atomic E-state index is 12.0. The van der Waals surface area contributed by atoms with Crippen molar-refractivity contribution >= 4 is 21.8 Å². The van der Waals surface area contributed by atoms with Crippen molar-refractivity contribution in [2.45, 2.75) is 19.4 Å². The maximum Gasteiger partial charge on any atom is 0.226 e. The third-order valence-electron chi connectivity index (χ3n) is 3.12. The van der Waals surface area contributed by atoms with Crippen LogP contribution in [0.5, 0.6) is 0 Å². The van der Waals surface area contributed by atoms with E-state index in [9.17, 15) is 4.79 Å². The highest BCUT2D eigenvalue weighted by atomic mass is 79.9. The number of morpholine rings is 1. The predicted molar refractivity (Wildman–Crippen MR) is 57.4 cm³/mol. The van der Waals surface area contributed by atoms with E-state index in [4.69, 9.17) is 4.74 Å². The molecule has 3 nitrogen and oxygen atoms in total. The number of ether oxygens (including phenoxy) is 1. The summed E-state index contributed by atoms with van der Waals surface area (Å²) in [5.41, 5.74) is 0. The van der Waals surface area contributed by atoms with Crippen LogP contribution >= 0.6 is 15.9 Å². The lowest BCUT2D eigenvalue weighted by Crippen LogP contribution is -2.50. The van der Waals surface area contributed by atoms with Gasteiger partial charge in [0.1, 0.15) is 0 Å². The molecule has 0 aromatic rings. The Bertz CT molecular complexity index is 234. The first-order valence-electron chi connectivity index (χ1n) is 5.18. The number of carbonyl (C=O) groups is 1. The zero-order valence-electron chi connectivity index (χ0n) is 8.41. The summed E-state index contributed by atoms with van der Waals surface area (Å²) in [6, 6.07) is 0.240. The number of halogens is 1. The fourth-order valence-electron chi connectivity index (χ4n) is 1.95. The summed E-state index contributed by atoms with van der Waals surface area (Å²) in [4.78, 5) is 14.0. The Balaban J connectivity index is 1.96. The Morgan fingerprint density at radius 2 is 2.36 bits per heavy atom. The largest absolute Gasteiger partial charge is 0.377 e. The first kappa shape index (κ1) is 10.4. The van der Waals surface area contributed by atoms with E-state index in [1.165, 1.54) is 0 Å². The number of rotatable bonds is 2. The van der Waals surface area contributed by atoms with Gasteiger partial charge >= 0.3 is 0 Å². The van der Waals surface area contributed by atoms with Gasteiger partial charge < -0.3 is 9.64 Å². The monoisotopic (exact) mass is 261 g/mol.